The minimum absolute atomic E-state index is 0.242. The number of aromatic nitrogens is 2. The molecular formula is C32H27N5O3S2. The number of anilines is 2. The van der Waals surface area contributed by atoms with Gasteiger partial charge in [0.05, 0.1) is 21.8 Å². The number of hydrogen-bond acceptors (Lipinski definition) is 8. The molecule has 0 fully saturated rings. The summed E-state index contributed by atoms with van der Waals surface area (Å²) in [6.07, 6.45) is 3.45. The van der Waals surface area contributed by atoms with Crippen LogP contribution in [-0.4, -0.2) is 29.6 Å². The maximum atomic E-state index is 14.0. The number of pyridine rings is 1. The van der Waals surface area contributed by atoms with Crippen molar-refractivity contribution >= 4 is 46.5 Å². The summed E-state index contributed by atoms with van der Waals surface area (Å²) in [4.78, 5) is 39.3. The molecule has 0 unspecified atom stereocenters. The zero-order valence-corrected chi connectivity index (χ0v) is 24.8. The number of carbonyl (C=O) groups excluding carboxylic acids is 1. The van der Waals surface area contributed by atoms with Gasteiger partial charge in [0.25, 0.3) is 11.5 Å². The van der Waals surface area contributed by atoms with Crippen LogP contribution in [0.25, 0.3) is 6.08 Å². The molecule has 1 aliphatic heterocycles. The number of amides is 1. The topological polar surface area (TPSA) is 92.7 Å². The van der Waals surface area contributed by atoms with Gasteiger partial charge in [-0.2, -0.15) is 0 Å². The first kappa shape index (κ1) is 27.5. The van der Waals surface area contributed by atoms with Gasteiger partial charge in [0.1, 0.15) is 10.8 Å². The molecule has 6 rings (SSSR count). The summed E-state index contributed by atoms with van der Waals surface area (Å²) in [7, 11) is 3.94. The van der Waals surface area contributed by atoms with Crippen molar-refractivity contribution in [3.05, 3.63) is 133 Å². The molecule has 210 valence electrons. The van der Waals surface area contributed by atoms with E-state index in [1.54, 1.807) is 16.8 Å². The highest BCUT2D eigenvalue weighted by Crippen LogP contribution is 2.32. The lowest BCUT2D eigenvalue weighted by atomic mass is 9.95. The van der Waals surface area contributed by atoms with Crippen LogP contribution >= 0.6 is 23.1 Å². The first-order chi connectivity index (χ1) is 20.4. The molecule has 3 aromatic heterocycles. The van der Waals surface area contributed by atoms with Crippen molar-refractivity contribution in [3.8, 4) is 0 Å². The van der Waals surface area contributed by atoms with Crippen LogP contribution in [0.15, 0.2) is 127 Å². The summed E-state index contributed by atoms with van der Waals surface area (Å²) in [5.41, 5.74) is 3.23. The van der Waals surface area contributed by atoms with Gasteiger partial charge >= 0.3 is 0 Å². The molecule has 0 bridgehead atoms. The Labute approximate surface area is 250 Å². The van der Waals surface area contributed by atoms with Gasteiger partial charge in [-0.25, -0.2) is 9.98 Å². The van der Waals surface area contributed by atoms with Crippen LogP contribution in [0.3, 0.4) is 0 Å². The highest BCUT2D eigenvalue weighted by molar-refractivity contribution is 7.99. The van der Waals surface area contributed by atoms with Gasteiger partial charge < -0.3 is 14.6 Å². The fourth-order valence-corrected chi connectivity index (χ4v) is 6.48. The number of fused-ring (bicyclic) bond motifs is 1. The highest BCUT2D eigenvalue weighted by atomic mass is 32.2. The number of benzene rings is 2. The van der Waals surface area contributed by atoms with Crippen molar-refractivity contribution < 1.29 is 9.21 Å². The van der Waals surface area contributed by atoms with Crippen LogP contribution < -0.4 is 25.1 Å². The Morgan fingerprint density at radius 2 is 1.79 bits per heavy atom. The number of rotatable bonds is 7. The minimum atomic E-state index is -0.657. The maximum absolute atomic E-state index is 14.0. The SMILES string of the molecule is CC1=C(C(=O)Nc2ccccc2)[C@@H](c2ccc(N(C)C)cc2)n2c(s/c(=C\c3ccc(Sc4ccccn4)o3)c2=O)=N1. The van der Waals surface area contributed by atoms with Crippen molar-refractivity contribution in [2.45, 2.75) is 23.1 Å². The third kappa shape index (κ3) is 5.59. The van der Waals surface area contributed by atoms with Crippen LogP contribution in [0.5, 0.6) is 0 Å². The van der Waals surface area contributed by atoms with Crippen LogP contribution in [-0.2, 0) is 4.79 Å². The van der Waals surface area contributed by atoms with Gasteiger partial charge in [0.15, 0.2) is 9.89 Å². The number of allylic oxidation sites excluding steroid dienone is 1. The summed E-state index contributed by atoms with van der Waals surface area (Å²) in [5, 5.41) is 4.47. The summed E-state index contributed by atoms with van der Waals surface area (Å²) in [5.74, 6) is 0.240. The van der Waals surface area contributed by atoms with E-state index in [0.717, 1.165) is 16.3 Å². The van der Waals surface area contributed by atoms with E-state index in [4.69, 9.17) is 9.41 Å². The molecule has 0 saturated heterocycles. The first-order valence-corrected chi connectivity index (χ1v) is 14.9. The third-order valence-electron chi connectivity index (χ3n) is 6.74. The van der Waals surface area contributed by atoms with E-state index in [1.807, 2.05) is 111 Å². The van der Waals surface area contributed by atoms with Gasteiger partial charge in [-0.1, -0.05) is 47.7 Å². The highest BCUT2D eigenvalue weighted by Gasteiger charge is 2.32. The number of nitrogens with zero attached hydrogens (tertiary/aromatic N) is 4. The Morgan fingerprint density at radius 3 is 2.50 bits per heavy atom. The van der Waals surface area contributed by atoms with Crippen molar-refractivity contribution in [2.24, 2.45) is 4.99 Å². The number of thiazole rings is 1. The lowest BCUT2D eigenvalue weighted by Crippen LogP contribution is -2.40. The Hall–Kier alpha value is -4.67. The van der Waals surface area contributed by atoms with Crippen LogP contribution in [0, 0.1) is 0 Å². The number of nitrogens with one attached hydrogen (secondary N) is 1. The summed E-state index contributed by atoms with van der Waals surface area (Å²) >= 11 is 2.68. The Balaban J connectivity index is 1.42. The van der Waals surface area contributed by atoms with E-state index in [-0.39, 0.29) is 11.5 Å². The number of para-hydroxylation sites is 1. The van der Waals surface area contributed by atoms with E-state index in [2.05, 4.69) is 10.3 Å². The normalized spacial score (nSPS) is 14.8. The molecule has 1 amide bonds. The van der Waals surface area contributed by atoms with Crippen molar-refractivity contribution in [3.63, 3.8) is 0 Å². The van der Waals surface area contributed by atoms with Gasteiger partial charge in [-0.15, -0.1) is 0 Å². The Morgan fingerprint density at radius 1 is 1.02 bits per heavy atom. The van der Waals surface area contributed by atoms with Crippen LogP contribution in [0.2, 0.25) is 0 Å². The van der Waals surface area contributed by atoms with Crippen LogP contribution in [0.1, 0.15) is 24.3 Å². The quantitative estimate of drug-likeness (QED) is 0.283. The fraction of sp³-hybridized carbons (Fsp3) is 0.125. The largest absolute Gasteiger partial charge is 0.450 e. The molecule has 2 aromatic carbocycles. The van der Waals surface area contributed by atoms with E-state index >= 15 is 0 Å². The average molecular weight is 594 g/mol. The lowest BCUT2D eigenvalue weighted by molar-refractivity contribution is -0.113. The second kappa shape index (κ2) is 11.7. The monoisotopic (exact) mass is 593 g/mol. The second-order valence-electron chi connectivity index (χ2n) is 9.81. The molecule has 0 spiro atoms. The fourth-order valence-electron chi connectivity index (χ4n) is 4.71. The van der Waals surface area contributed by atoms with Gasteiger partial charge in [-0.05, 0) is 72.8 Å². The third-order valence-corrected chi connectivity index (χ3v) is 8.60. The molecule has 42 heavy (non-hydrogen) atoms. The molecule has 1 N–H and O–H groups in total. The standard InChI is InChI=1S/C32H27N5O3S2/c1-20-28(30(38)35-22-9-5-4-6-10-22)29(21-12-14-23(15-13-21)36(2)3)37-31(39)25(41-32(37)34-20)19-24-16-17-27(40-24)42-26-11-7-8-18-33-26/h4-19,29H,1-3H3,(H,35,38)/b25-19-/t29-/m1/s1. The van der Waals surface area contributed by atoms with Crippen LogP contribution in [0.4, 0.5) is 11.4 Å². The number of furan rings is 1. The number of carbonyl (C=O) groups is 1. The average Bonchev–Trinajstić information content (AvgIpc) is 3.56. The zero-order valence-electron chi connectivity index (χ0n) is 23.1. The molecule has 1 aliphatic rings. The van der Waals surface area contributed by atoms with Crippen molar-refractivity contribution in [2.75, 3.05) is 24.3 Å². The van der Waals surface area contributed by atoms with Gasteiger partial charge in [0.2, 0.25) is 0 Å². The summed E-state index contributed by atoms with van der Waals surface area (Å²) < 4.78 is 8.06. The molecule has 10 heteroatoms. The van der Waals surface area contributed by atoms with Gasteiger partial charge in [0, 0.05) is 37.7 Å². The Bertz CT molecular complexity index is 1960. The molecule has 1 atom stereocenters. The second-order valence-corrected chi connectivity index (χ2v) is 11.8. The van der Waals surface area contributed by atoms with Crippen molar-refractivity contribution in [1.29, 1.82) is 0 Å². The molecule has 0 radical (unpaired) electrons. The maximum Gasteiger partial charge on any atom is 0.271 e. The Kier molecular flexibility index (Phi) is 7.64. The molecule has 0 aliphatic carbocycles. The first-order valence-electron chi connectivity index (χ1n) is 13.2. The molecule has 8 nitrogen and oxygen atoms in total. The predicted octanol–water partition coefficient (Wildman–Crippen LogP) is 5.08. The van der Waals surface area contributed by atoms with E-state index in [9.17, 15) is 9.59 Å². The minimum Gasteiger partial charge on any atom is -0.450 e. The summed E-state index contributed by atoms with van der Waals surface area (Å²) in [6.45, 7) is 1.81. The zero-order chi connectivity index (χ0) is 29.2. The lowest BCUT2D eigenvalue weighted by Gasteiger charge is -2.26. The summed E-state index contributed by atoms with van der Waals surface area (Å²) in [6, 6.07) is 25.8. The number of hydrogen-bond donors (Lipinski definition) is 1. The van der Waals surface area contributed by atoms with E-state index in [1.165, 1.54) is 23.1 Å². The predicted molar refractivity (Wildman–Crippen MR) is 167 cm³/mol. The molecule has 5 aromatic rings. The molecule has 4 heterocycles. The van der Waals surface area contributed by atoms with E-state index in [0.29, 0.717) is 37.1 Å². The van der Waals surface area contributed by atoms with E-state index < -0.39 is 6.04 Å². The van der Waals surface area contributed by atoms with Crippen molar-refractivity contribution in [1.82, 2.24) is 9.55 Å². The molecular weight excluding hydrogens is 567 g/mol. The molecule has 0 saturated carbocycles. The smallest absolute Gasteiger partial charge is 0.271 e. The van der Waals surface area contributed by atoms with Gasteiger partial charge in [-0.3, -0.25) is 14.2 Å².